The lowest BCUT2D eigenvalue weighted by molar-refractivity contribution is 0.363. The van der Waals surface area contributed by atoms with Crippen LogP contribution in [0.5, 0.6) is 0 Å². The first-order valence-corrected chi connectivity index (χ1v) is 6.36. The molecule has 3 rings (SSSR count). The number of hydrogen-bond acceptors (Lipinski definition) is 1. The molecule has 1 saturated heterocycles. The van der Waals surface area contributed by atoms with E-state index in [0.717, 1.165) is 13.1 Å². The van der Waals surface area contributed by atoms with Crippen molar-refractivity contribution in [3.05, 3.63) is 48.0 Å². The van der Waals surface area contributed by atoms with Crippen LogP contribution < -0.4 is 5.32 Å². The third-order valence-electron chi connectivity index (χ3n) is 4.05. The molecule has 0 aliphatic carbocycles. The average Bonchev–Trinajstić information content (AvgIpc) is 2.68. The van der Waals surface area contributed by atoms with E-state index >= 15 is 0 Å². The summed E-state index contributed by atoms with van der Waals surface area (Å²) < 4.78 is 0. The van der Waals surface area contributed by atoms with Gasteiger partial charge in [0.25, 0.3) is 0 Å². The Morgan fingerprint density at radius 3 is 2.53 bits per heavy atom. The Balaban J connectivity index is 2.06. The second-order valence-corrected chi connectivity index (χ2v) is 5.78. The fraction of sp³-hybridized carbons (Fsp3) is 0.375. The molecule has 0 radical (unpaired) electrons. The van der Waals surface area contributed by atoms with E-state index in [1.165, 1.54) is 16.3 Å². The van der Waals surface area contributed by atoms with Crippen molar-refractivity contribution in [1.82, 2.24) is 5.32 Å². The first kappa shape index (κ1) is 10.8. The minimum Gasteiger partial charge on any atom is -0.316 e. The predicted molar refractivity (Wildman–Crippen MR) is 73.3 cm³/mol. The second kappa shape index (κ2) is 3.85. The summed E-state index contributed by atoms with van der Waals surface area (Å²) in [5, 5.41) is 6.20. The zero-order chi connectivity index (χ0) is 11.9. The first-order chi connectivity index (χ1) is 8.17. The Kier molecular flexibility index (Phi) is 2.44. The molecular formula is C16H19N. The van der Waals surface area contributed by atoms with Crippen molar-refractivity contribution in [2.45, 2.75) is 19.8 Å². The van der Waals surface area contributed by atoms with Crippen molar-refractivity contribution in [2.75, 3.05) is 13.1 Å². The number of fused-ring (bicyclic) bond motifs is 1. The maximum Gasteiger partial charge on any atom is 0.00270 e. The van der Waals surface area contributed by atoms with Crippen LogP contribution >= 0.6 is 0 Å². The first-order valence-electron chi connectivity index (χ1n) is 6.36. The molecule has 0 aromatic heterocycles. The van der Waals surface area contributed by atoms with Gasteiger partial charge in [0.1, 0.15) is 0 Å². The summed E-state index contributed by atoms with van der Waals surface area (Å²) in [5.41, 5.74) is 1.83. The zero-order valence-corrected chi connectivity index (χ0v) is 10.5. The van der Waals surface area contributed by atoms with E-state index in [4.69, 9.17) is 0 Å². The summed E-state index contributed by atoms with van der Waals surface area (Å²) in [7, 11) is 0. The molecule has 1 nitrogen and oxygen atoms in total. The summed E-state index contributed by atoms with van der Waals surface area (Å²) >= 11 is 0. The van der Waals surface area contributed by atoms with Crippen molar-refractivity contribution in [3.8, 4) is 0 Å². The lowest BCUT2D eigenvalue weighted by Gasteiger charge is -2.26. The van der Waals surface area contributed by atoms with E-state index in [-0.39, 0.29) is 0 Å². The molecule has 1 aliphatic heterocycles. The van der Waals surface area contributed by atoms with Crippen LogP contribution in [0.15, 0.2) is 42.5 Å². The van der Waals surface area contributed by atoms with E-state index in [9.17, 15) is 0 Å². The van der Waals surface area contributed by atoms with Gasteiger partial charge in [-0.05, 0) is 21.8 Å². The van der Waals surface area contributed by atoms with Gasteiger partial charge in [-0.15, -0.1) is 0 Å². The van der Waals surface area contributed by atoms with Gasteiger partial charge in [0, 0.05) is 19.0 Å². The van der Waals surface area contributed by atoms with Crippen LogP contribution in [0.4, 0.5) is 0 Å². The number of rotatable bonds is 1. The third kappa shape index (κ3) is 1.85. The Labute approximate surface area is 103 Å². The van der Waals surface area contributed by atoms with Crippen LogP contribution in [0.1, 0.15) is 25.3 Å². The van der Waals surface area contributed by atoms with Crippen molar-refractivity contribution in [2.24, 2.45) is 5.41 Å². The Morgan fingerprint density at radius 1 is 1.06 bits per heavy atom. The molecular weight excluding hydrogens is 206 g/mol. The van der Waals surface area contributed by atoms with Crippen molar-refractivity contribution in [3.63, 3.8) is 0 Å². The monoisotopic (exact) mass is 225 g/mol. The molecule has 17 heavy (non-hydrogen) atoms. The quantitative estimate of drug-likeness (QED) is 0.782. The van der Waals surface area contributed by atoms with Crippen LogP contribution in [-0.2, 0) is 0 Å². The summed E-state index contributed by atoms with van der Waals surface area (Å²) in [6.45, 7) is 6.93. The highest BCUT2D eigenvalue weighted by Crippen LogP contribution is 2.39. The van der Waals surface area contributed by atoms with Crippen LogP contribution in [0.3, 0.4) is 0 Å². The molecule has 0 bridgehead atoms. The fourth-order valence-corrected chi connectivity index (χ4v) is 2.93. The van der Waals surface area contributed by atoms with Crippen molar-refractivity contribution < 1.29 is 0 Å². The van der Waals surface area contributed by atoms with E-state index in [1.807, 2.05) is 0 Å². The molecule has 1 heteroatoms. The third-order valence-corrected chi connectivity index (χ3v) is 4.05. The molecule has 1 heterocycles. The normalized spacial score (nSPS) is 23.1. The summed E-state index contributed by atoms with van der Waals surface area (Å²) in [5.74, 6) is 0.632. The Bertz CT molecular complexity index is 542. The Morgan fingerprint density at radius 2 is 1.82 bits per heavy atom. The van der Waals surface area contributed by atoms with Crippen LogP contribution in [0.2, 0.25) is 0 Å². The van der Waals surface area contributed by atoms with Gasteiger partial charge in [-0.1, -0.05) is 56.3 Å². The van der Waals surface area contributed by atoms with Crippen LogP contribution in [0.25, 0.3) is 10.8 Å². The highest BCUT2D eigenvalue weighted by Gasteiger charge is 2.35. The van der Waals surface area contributed by atoms with E-state index in [2.05, 4.69) is 61.6 Å². The lowest BCUT2D eigenvalue weighted by Crippen LogP contribution is -2.20. The smallest absolute Gasteiger partial charge is 0.00270 e. The summed E-state index contributed by atoms with van der Waals surface area (Å²) in [6, 6.07) is 15.5. The van der Waals surface area contributed by atoms with Gasteiger partial charge in [0.15, 0.2) is 0 Å². The van der Waals surface area contributed by atoms with Crippen molar-refractivity contribution in [1.29, 1.82) is 0 Å². The second-order valence-electron chi connectivity index (χ2n) is 5.78. The van der Waals surface area contributed by atoms with Crippen molar-refractivity contribution >= 4 is 10.8 Å². The van der Waals surface area contributed by atoms with Gasteiger partial charge >= 0.3 is 0 Å². The molecule has 0 amide bonds. The van der Waals surface area contributed by atoms with E-state index in [0.29, 0.717) is 11.3 Å². The topological polar surface area (TPSA) is 12.0 Å². The predicted octanol–water partition coefficient (Wildman–Crippen LogP) is 3.55. The molecule has 1 N–H and O–H groups in total. The molecule has 1 atom stereocenters. The number of nitrogens with one attached hydrogen (secondary N) is 1. The maximum absolute atomic E-state index is 3.51. The van der Waals surface area contributed by atoms with E-state index < -0.39 is 0 Å². The SMILES string of the molecule is CC1(C)CNC[C@H]1c1ccc2ccccc2c1. The molecule has 2 aromatic carbocycles. The van der Waals surface area contributed by atoms with Gasteiger partial charge < -0.3 is 5.32 Å². The minimum atomic E-state index is 0.364. The van der Waals surface area contributed by atoms with Crippen LogP contribution in [-0.4, -0.2) is 13.1 Å². The molecule has 0 spiro atoms. The largest absolute Gasteiger partial charge is 0.316 e. The summed E-state index contributed by atoms with van der Waals surface area (Å²) in [4.78, 5) is 0. The molecule has 1 fully saturated rings. The molecule has 0 saturated carbocycles. The highest BCUT2D eigenvalue weighted by molar-refractivity contribution is 5.83. The fourth-order valence-electron chi connectivity index (χ4n) is 2.93. The van der Waals surface area contributed by atoms with Crippen LogP contribution in [0, 0.1) is 5.41 Å². The zero-order valence-electron chi connectivity index (χ0n) is 10.5. The molecule has 2 aromatic rings. The average molecular weight is 225 g/mol. The molecule has 1 aliphatic rings. The number of benzene rings is 2. The maximum atomic E-state index is 3.51. The summed E-state index contributed by atoms with van der Waals surface area (Å²) in [6.07, 6.45) is 0. The highest BCUT2D eigenvalue weighted by atomic mass is 14.9. The van der Waals surface area contributed by atoms with Gasteiger partial charge in [0.2, 0.25) is 0 Å². The Hall–Kier alpha value is -1.34. The van der Waals surface area contributed by atoms with Gasteiger partial charge in [-0.25, -0.2) is 0 Å². The van der Waals surface area contributed by atoms with Gasteiger partial charge in [-0.2, -0.15) is 0 Å². The van der Waals surface area contributed by atoms with Gasteiger partial charge in [-0.3, -0.25) is 0 Å². The molecule has 0 unspecified atom stereocenters. The van der Waals surface area contributed by atoms with E-state index in [1.54, 1.807) is 0 Å². The molecule has 88 valence electrons. The van der Waals surface area contributed by atoms with Gasteiger partial charge in [0.05, 0.1) is 0 Å². The lowest BCUT2D eigenvalue weighted by atomic mass is 9.77. The minimum absolute atomic E-state index is 0.364. The number of hydrogen-bond donors (Lipinski definition) is 1. The standard InChI is InChI=1S/C16H19N/c1-16(2)11-17-10-15(16)14-8-7-12-5-3-4-6-13(12)9-14/h3-9,15,17H,10-11H2,1-2H3/t15-/m0/s1.